The van der Waals surface area contributed by atoms with Gasteiger partial charge in [-0.1, -0.05) is 18.5 Å². The molecule has 0 spiro atoms. The Morgan fingerprint density at radius 3 is 3.00 bits per heavy atom. The molecule has 1 N–H and O–H groups in total. The molecule has 2 rings (SSSR count). The summed E-state index contributed by atoms with van der Waals surface area (Å²) in [5, 5.41) is 10.1. The molecule has 106 valence electrons. The van der Waals surface area contributed by atoms with Crippen molar-refractivity contribution >= 4 is 11.6 Å². The Balaban J connectivity index is 2.16. The van der Waals surface area contributed by atoms with Gasteiger partial charge in [-0.25, -0.2) is 0 Å². The predicted molar refractivity (Wildman–Crippen MR) is 75.0 cm³/mol. The molecule has 4 nitrogen and oxygen atoms in total. The fourth-order valence-corrected chi connectivity index (χ4v) is 2.62. The van der Waals surface area contributed by atoms with Crippen LogP contribution in [0, 0.1) is 0 Å². The molecule has 5 heteroatoms. The number of halogens is 1. The van der Waals surface area contributed by atoms with Gasteiger partial charge in [0.05, 0.1) is 25.3 Å². The largest absolute Gasteiger partial charge is 0.503 e. The molecule has 1 atom stereocenters. The second kappa shape index (κ2) is 6.46. The third kappa shape index (κ3) is 3.32. The maximum atomic E-state index is 9.74. The fraction of sp³-hybridized carbons (Fsp3) is 0.571. The minimum absolute atomic E-state index is 0.00179. The van der Waals surface area contributed by atoms with Gasteiger partial charge in [0.1, 0.15) is 0 Å². The summed E-state index contributed by atoms with van der Waals surface area (Å²) >= 11 is 6.01. The molecule has 1 aliphatic heterocycles. The minimum atomic E-state index is 0.00179. The molecule has 1 unspecified atom stereocenters. The maximum Gasteiger partial charge on any atom is 0.176 e. The minimum Gasteiger partial charge on any atom is -0.503 e. The molecule has 0 bridgehead atoms. The summed E-state index contributed by atoms with van der Waals surface area (Å²) in [5.74, 6) is 0.422. The number of aromatic hydroxyl groups is 1. The van der Waals surface area contributed by atoms with Gasteiger partial charge in [-0.05, 0) is 24.1 Å². The molecule has 0 radical (unpaired) electrons. The summed E-state index contributed by atoms with van der Waals surface area (Å²) in [4.78, 5) is 2.38. The van der Waals surface area contributed by atoms with E-state index in [0.29, 0.717) is 16.8 Å². The van der Waals surface area contributed by atoms with Crippen LogP contribution >= 0.6 is 11.6 Å². The molecular weight excluding hydrogens is 266 g/mol. The number of hydrogen-bond donors (Lipinski definition) is 1. The van der Waals surface area contributed by atoms with Gasteiger partial charge in [0, 0.05) is 19.1 Å². The first kappa shape index (κ1) is 14.4. The first-order valence-corrected chi connectivity index (χ1v) is 6.90. The molecule has 1 aromatic carbocycles. The lowest BCUT2D eigenvalue weighted by molar-refractivity contribution is -0.0127. The summed E-state index contributed by atoms with van der Waals surface area (Å²) in [6.07, 6.45) is 1.06. The first-order chi connectivity index (χ1) is 9.15. The zero-order chi connectivity index (χ0) is 13.8. The van der Waals surface area contributed by atoms with Gasteiger partial charge in [-0.3, -0.25) is 4.90 Å². The third-order valence-electron chi connectivity index (χ3n) is 3.51. The summed E-state index contributed by atoms with van der Waals surface area (Å²) in [7, 11) is 1.53. The van der Waals surface area contributed by atoms with Crippen molar-refractivity contribution in [3.63, 3.8) is 0 Å². The van der Waals surface area contributed by atoms with Crippen LogP contribution in [0.1, 0.15) is 18.9 Å². The molecule has 0 amide bonds. The molecular formula is C14H20ClNO3. The number of nitrogens with zero attached hydrogens (tertiary/aromatic N) is 1. The van der Waals surface area contributed by atoms with E-state index in [1.807, 2.05) is 6.07 Å². The van der Waals surface area contributed by atoms with Crippen LogP contribution in [-0.2, 0) is 11.3 Å². The van der Waals surface area contributed by atoms with Gasteiger partial charge in [-0.2, -0.15) is 0 Å². The van der Waals surface area contributed by atoms with Crippen LogP contribution in [0.25, 0.3) is 0 Å². The van der Waals surface area contributed by atoms with Crippen molar-refractivity contribution in [3.8, 4) is 11.5 Å². The summed E-state index contributed by atoms with van der Waals surface area (Å²) in [6, 6.07) is 4.07. The Kier molecular flexibility index (Phi) is 4.91. The monoisotopic (exact) mass is 285 g/mol. The zero-order valence-electron chi connectivity index (χ0n) is 11.4. The lowest BCUT2D eigenvalue weighted by atomic mass is 10.1. The second-order valence-corrected chi connectivity index (χ2v) is 5.14. The number of phenols is 1. The van der Waals surface area contributed by atoms with E-state index in [1.165, 1.54) is 7.11 Å². The fourth-order valence-electron chi connectivity index (χ4n) is 2.38. The van der Waals surface area contributed by atoms with Crippen molar-refractivity contribution in [2.24, 2.45) is 0 Å². The Bertz CT molecular complexity index is 439. The van der Waals surface area contributed by atoms with Crippen LogP contribution in [0.3, 0.4) is 0 Å². The summed E-state index contributed by atoms with van der Waals surface area (Å²) < 4.78 is 10.6. The highest BCUT2D eigenvalue weighted by Gasteiger charge is 2.22. The molecule has 1 fully saturated rings. The van der Waals surface area contributed by atoms with Crippen LogP contribution < -0.4 is 4.74 Å². The molecule has 1 aromatic rings. The standard InChI is InChI=1S/C14H20ClNO3/c1-3-11-9-19-5-4-16(11)8-10-6-12(15)14(17)13(7-10)18-2/h6-7,11,17H,3-5,8-9H2,1-2H3. The highest BCUT2D eigenvalue weighted by Crippen LogP contribution is 2.35. The van der Waals surface area contributed by atoms with Gasteiger partial charge in [0.2, 0.25) is 0 Å². The Labute approximate surface area is 118 Å². The molecule has 0 saturated carbocycles. The molecule has 0 aromatic heterocycles. The SMILES string of the molecule is CCC1COCCN1Cc1cc(Cl)c(O)c(OC)c1. The first-order valence-electron chi connectivity index (χ1n) is 6.52. The highest BCUT2D eigenvalue weighted by atomic mass is 35.5. The van der Waals surface area contributed by atoms with E-state index < -0.39 is 0 Å². The van der Waals surface area contributed by atoms with Crippen LogP contribution in [0.4, 0.5) is 0 Å². The van der Waals surface area contributed by atoms with Gasteiger partial charge >= 0.3 is 0 Å². The average molecular weight is 286 g/mol. The normalized spacial score (nSPS) is 20.5. The van der Waals surface area contributed by atoms with Crippen LogP contribution in [-0.4, -0.2) is 42.9 Å². The van der Waals surface area contributed by atoms with E-state index in [0.717, 1.165) is 38.3 Å². The van der Waals surface area contributed by atoms with Crippen LogP contribution in [0.5, 0.6) is 11.5 Å². The molecule has 1 aliphatic rings. The molecule has 1 heterocycles. The summed E-state index contributed by atoms with van der Waals surface area (Å²) in [5.41, 5.74) is 1.04. The predicted octanol–water partition coefficient (Wildman–Crippen LogP) is 2.67. The molecule has 1 saturated heterocycles. The number of phenolic OH excluding ortho intramolecular Hbond substituents is 1. The number of benzene rings is 1. The lowest BCUT2D eigenvalue weighted by Gasteiger charge is -2.35. The van der Waals surface area contributed by atoms with Crippen LogP contribution in [0.2, 0.25) is 5.02 Å². The van der Waals surface area contributed by atoms with Gasteiger partial charge in [-0.15, -0.1) is 0 Å². The zero-order valence-corrected chi connectivity index (χ0v) is 12.1. The van der Waals surface area contributed by atoms with Crippen molar-refractivity contribution in [3.05, 3.63) is 22.7 Å². The van der Waals surface area contributed by atoms with Crippen molar-refractivity contribution in [1.82, 2.24) is 4.90 Å². The Hall–Kier alpha value is -0.970. The van der Waals surface area contributed by atoms with Crippen molar-refractivity contribution in [2.75, 3.05) is 26.9 Å². The van der Waals surface area contributed by atoms with Gasteiger partial charge < -0.3 is 14.6 Å². The number of hydrogen-bond acceptors (Lipinski definition) is 4. The average Bonchev–Trinajstić information content (AvgIpc) is 2.43. The maximum absolute atomic E-state index is 9.74. The van der Waals surface area contributed by atoms with E-state index in [4.69, 9.17) is 21.1 Å². The number of morpholine rings is 1. The quantitative estimate of drug-likeness (QED) is 0.923. The number of ether oxygens (including phenoxy) is 2. The number of methoxy groups -OCH3 is 1. The van der Waals surface area contributed by atoms with Crippen molar-refractivity contribution in [2.45, 2.75) is 25.9 Å². The Morgan fingerprint density at radius 1 is 1.53 bits per heavy atom. The lowest BCUT2D eigenvalue weighted by Crippen LogP contribution is -2.44. The van der Waals surface area contributed by atoms with Crippen molar-refractivity contribution < 1.29 is 14.6 Å². The molecule has 0 aliphatic carbocycles. The summed E-state index contributed by atoms with van der Waals surface area (Å²) in [6.45, 7) is 5.41. The Morgan fingerprint density at radius 2 is 2.32 bits per heavy atom. The van der Waals surface area contributed by atoms with E-state index >= 15 is 0 Å². The third-order valence-corrected chi connectivity index (χ3v) is 3.80. The van der Waals surface area contributed by atoms with E-state index in [-0.39, 0.29) is 5.75 Å². The van der Waals surface area contributed by atoms with E-state index in [9.17, 15) is 5.11 Å². The number of rotatable bonds is 4. The van der Waals surface area contributed by atoms with Gasteiger partial charge in [0.15, 0.2) is 11.5 Å². The molecule has 19 heavy (non-hydrogen) atoms. The van der Waals surface area contributed by atoms with Crippen LogP contribution in [0.15, 0.2) is 12.1 Å². The smallest absolute Gasteiger partial charge is 0.176 e. The van der Waals surface area contributed by atoms with E-state index in [2.05, 4.69) is 11.8 Å². The topological polar surface area (TPSA) is 41.9 Å². The highest BCUT2D eigenvalue weighted by molar-refractivity contribution is 6.32. The van der Waals surface area contributed by atoms with Crippen molar-refractivity contribution in [1.29, 1.82) is 0 Å². The van der Waals surface area contributed by atoms with E-state index in [1.54, 1.807) is 6.07 Å². The van der Waals surface area contributed by atoms with Gasteiger partial charge in [0.25, 0.3) is 0 Å². The second-order valence-electron chi connectivity index (χ2n) is 4.74.